The Balaban J connectivity index is 2.03. The molecule has 0 spiro atoms. The van der Waals surface area contributed by atoms with Crippen LogP contribution in [0.3, 0.4) is 0 Å². The zero-order chi connectivity index (χ0) is 11.8. The number of hydrogen-bond acceptors (Lipinski definition) is 3. The van der Waals surface area contributed by atoms with Crippen LogP contribution >= 0.6 is 11.8 Å². The van der Waals surface area contributed by atoms with Crippen LogP contribution in [0.5, 0.6) is 0 Å². The first-order chi connectivity index (χ1) is 8.22. The summed E-state index contributed by atoms with van der Waals surface area (Å²) in [4.78, 5) is 19.8. The van der Waals surface area contributed by atoms with Gasteiger partial charge in [-0.15, -0.1) is 11.8 Å². The lowest BCUT2D eigenvalue weighted by atomic mass is 10.1. The molecule has 1 amide bonds. The van der Waals surface area contributed by atoms with Gasteiger partial charge in [-0.3, -0.25) is 4.79 Å². The van der Waals surface area contributed by atoms with Crippen molar-refractivity contribution in [3.05, 3.63) is 30.2 Å². The number of carbonyl (C=O) groups excluding carboxylic acids is 1. The molecule has 0 aliphatic carbocycles. The standard InChI is InChI=1S/C12H11N3OS/c1-7-13-5-10(14-7)8-2-3-11-9(4-8)15-12(16)6-17-11/h2-5H,6H2,1H3,(H,13,14)(H,15,16). The second kappa shape index (κ2) is 3.92. The summed E-state index contributed by atoms with van der Waals surface area (Å²) in [7, 11) is 0. The topological polar surface area (TPSA) is 57.8 Å². The third-order valence-corrected chi connectivity index (χ3v) is 3.70. The number of nitrogens with zero attached hydrogens (tertiary/aromatic N) is 1. The molecule has 0 bridgehead atoms. The molecule has 0 radical (unpaired) electrons. The van der Waals surface area contributed by atoms with Crippen molar-refractivity contribution in [1.82, 2.24) is 9.97 Å². The molecule has 0 atom stereocenters. The van der Waals surface area contributed by atoms with Gasteiger partial charge in [0, 0.05) is 10.5 Å². The molecule has 5 heteroatoms. The highest BCUT2D eigenvalue weighted by atomic mass is 32.2. The number of benzene rings is 1. The number of imidazole rings is 1. The van der Waals surface area contributed by atoms with Gasteiger partial charge in [0.1, 0.15) is 5.82 Å². The Hall–Kier alpha value is -1.75. The van der Waals surface area contributed by atoms with E-state index in [-0.39, 0.29) is 5.91 Å². The molecule has 0 fully saturated rings. The summed E-state index contributed by atoms with van der Waals surface area (Å²) < 4.78 is 0. The molecule has 1 aromatic heterocycles. The summed E-state index contributed by atoms with van der Waals surface area (Å²) in [6.45, 7) is 1.92. The van der Waals surface area contributed by atoms with Gasteiger partial charge in [0.05, 0.1) is 23.3 Å². The second-order valence-electron chi connectivity index (χ2n) is 3.93. The van der Waals surface area contributed by atoms with E-state index in [0.29, 0.717) is 5.75 Å². The molecule has 1 aliphatic rings. The third-order valence-electron chi connectivity index (χ3n) is 2.63. The Labute approximate surface area is 103 Å². The zero-order valence-electron chi connectivity index (χ0n) is 9.28. The van der Waals surface area contributed by atoms with Gasteiger partial charge >= 0.3 is 0 Å². The molecule has 2 N–H and O–H groups in total. The van der Waals surface area contributed by atoms with E-state index in [9.17, 15) is 4.79 Å². The number of aromatic nitrogens is 2. The lowest BCUT2D eigenvalue weighted by Crippen LogP contribution is -2.18. The van der Waals surface area contributed by atoms with Crippen LogP contribution in [0, 0.1) is 6.92 Å². The molecule has 1 aliphatic heterocycles. The number of thioether (sulfide) groups is 1. The van der Waals surface area contributed by atoms with E-state index in [2.05, 4.69) is 15.3 Å². The number of aryl methyl sites for hydroxylation is 1. The average Bonchev–Trinajstić information content (AvgIpc) is 2.75. The maximum absolute atomic E-state index is 11.3. The first-order valence-electron chi connectivity index (χ1n) is 5.31. The smallest absolute Gasteiger partial charge is 0.234 e. The van der Waals surface area contributed by atoms with Gasteiger partial charge in [0.25, 0.3) is 0 Å². The van der Waals surface area contributed by atoms with E-state index in [0.717, 1.165) is 27.7 Å². The van der Waals surface area contributed by atoms with Crippen molar-refractivity contribution >= 4 is 23.4 Å². The number of hydrogen-bond donors (Lipinski definition) is 2. The van der Waals surface area contributed by atoms with Crippen LogP contribution in [0.2, 0.25) is 0 Å². The maximum Gasteiger partial charge on any atom is 0.234 e. The SMILES string of the molecule is Cc1ncc(-c2ccc3c(c2)NC(=O)CS3)[nH]1. The summed E-state index contributed by atoms with van der Waals surface area (Å²) in [5, 5.41) is 2.88. The van der Waals surface area contributed by atoms with E-state index in [1.165, 1.54) is 0 Å². The van der Waals surface area contributed by atoms with Crippen LogP contribution in [0.4, 0.5) is 5.69 Å². The third kappa shape index (κ3) is 1.93. The molecule has 0 saturated carbocycles. The Kier molecular flexibility index (Phi) is 2.40. The molecule has 1 aromatic carbocycles. The quantitative estimate of drug-likeness (QED) is 0.811. The number of amides is 1. The van der Waals surface area contributed by atoms with Crippen molar-refractivity contribution in [2.75, 3.05) is 11.1 Å². The van der Waals surface area contributed by atoms with Crippen LogP contribution in [0.15, 0.2) is 29.3 Å². The van der Waals surface area contributed by atoms with Crippen LogP contribution in [-0.4, -0.2) is 21.6 Å². The van der Waals surface area contributed by atoms with Crippen molar-refractivity contribution in [2.24, 2.45) is 0 Å². The average molecular weight is 245 g/mol. The summed E-state index contributed by atoms with van der Waals surface area (Å²) >= 11 is 1.57. The molecule has 4 nitrogen and oxygen atoms in total. The molecule has 3 rings (SSSR count). The van der Waals surface area contributed by atoms with E-state index < -0.39 is 0 Å². The predicted molar refractivity (Wildman–Crippen MR) is 68.1 cm³/mol. The van der Waals surface area contributed by atoms with Crippen molar-refractivity contribution in [3.63, 3.8) is 0 Å². The Morgan fingerprint density at radius 1 is 1.41 bits per heavy atom. The van der Waals surface area contributed by atoms with Crippen LogP contribution in [0.25, 0.3) is 11.3 Å². The van der Waals surface area contributed by atoms with Gasteiger partial charge in [-0.1, -0.05) is 6.07 Å². The fourth-order valence-corrected chi connectivity index (χ4v) is 2.61. The van der Waals surface area contributed by atoms with Gasteiger partial charge in [-0.25, -0.2) is 4.98 Å². The van der Waals surface area contributed by atoms with Gasteiger partial charge in [-0.2, -0.15) is 0 Å². The summed E-state index contributed by atoms with van der Waals surface area (Å²) in [5.41, 5.74) is 2.89. The van der Waals surface area contributed by atoms with Crippen molar-refractivity contribution in [1.29, 1.82) is 0 Å². The predicted octanol–water partition coefficient (Wildman–Crippen LogP) is 2.43. The molecular weight excluding hydrogens is 234 g/mol. The van der Waals surface area contributed by atoms with Crippen LogP contribution in [-0.2, 0) is 4.79 Å². The second-order valence-corrected chi connectivity index (χ2v) is 4.95. The highest BCUT2D eigenvalue weighted by Crippen LogP contribution is 2.34. The minimum atomic E-state index is 0.0560. The van der Waals surface area contributed by atoms with Crippen molar-refractivity contribution < 1.29 is 4.79 Å². The zero-order valence-corrected chi connectivity index (χ0v) is 10.1. The van der Waals surface area contributed by atoms with Crippen LogP contribution in [0.1, 0.15) is 5.82 Å². The van der Waals surface area contributed by atoms with E-state index >= 15 is 0 Å². The highest BCUT2D eigenvalue weighted by molar-refractivity contribution is 8.00. The largest absolute Gasteiger partial charge is 0.342 e. The minimum absolute atomic E-state index is 0.0560. The molecule has 17 heavy (non-hydrogen) atoms. The van der Waals surface area contributed by atoms with E-state index in [4.69, 9.17) is 0 Å². The summed E-state index contributed by atoms with van der Waals surface area (Å²) in [6, 6.07) is 6.05. The lowest BCUT2D eigenvalue weighted by Gasteiger charge is -2.16. The summed E-state index contributed by atoms with van der Waals surface area (Å²) in [5.74, 6) is 1.44. The van der Waals surface area contributed by atoms with Gasteiger partial charge in [-0.05, 0) is 19.1 Å². The number of H-pyrrole nitrogens is 1. The first kappa shape index (κ1) is 10.4. The molecular formula is C12H11N3OS. The number of rotatable bonds is 1. The fraction of sp³-hybridized carbons (Fsp3) is 0.167. The monoisotopic (exact) mass is 245 g/mol. The fourth-order valence-electron chi connectivity index (χ4n) is 1.82. The van der Waals surface area contributed by atoms with Gasteiger partial charge in [0.2, 0.25) is 5.91 Å². The molecule has 2 heterocycles. The Bertz CT molecular complexity index is 591. The van der Waals surface area contributed by atoms with Crippen molar-refractivity contribution in [2.45, 2.75) is 11.8 Å². The normalized spacial score (nSPS) is 14.3. The number of nitrogens with one attached hydrogen (secondary N) is 2. The Morgan fingerprint density at radius 2 is 2.29 bits per heavy atom. The van der Waals surface area contributed by atoms with Crippen LogP contribution < -0.4 is 5.32 Å². The minimum Gasteiger partial charge on any atom is -0.342 e. The van der Waals surface area contributed by atoms with E-state index in [1.54, 1.807) is 18.0 Å². The number of aromatic amines is 1. The molecule has 86 valence electrons. The first-order valence-corrected chi connectivity index (χ1v) is 6.29. The molecule has 2 aromatic rings. The lowest BCUT2D eigenvalue weighted by molar-refractivity contribution is -0.113. The number of carbonyl (C=O) groups is 1. The Morgan fingerprint density at radius 3 is 3.06 bits per heavy atom. The summed E-state index contributed by atoms with van der Waals surface area (Å²) in [6.07, 6.45) is 1.80. The van der Waals surface area contributed by atoms with Gasteiger partial charge in [0.15, 0.2) is 0 Å². The van der Waals surface area contributed by atoms with Gasteiger partial charge < -0.3 is 10.3 Å². The van der Waals surface area contributed by atoms with Crippen molar-refractivity contribution in [3.8, 4) is 11.3 Å². The molecule has 0 saturated heterocycles. The highest BCUT2D eigenvalue weighted by Gasteiger charge is 2.15. The van der Waals surface area contributed by atoms with E-state index in [1.807, 2.05) is 25.1 Å². The number of fused-ring (bicyclic) bond motifs is 1. The number of anilines is 1. The molecule has 0 unspecified atom stereocenters. The maximum atomic E-state index is 11.3.